The summed E-state index contributed by atoms with van der Waals surface area (Å²) in [7, 11) is 0. The SMILES string of the molecule is Clc1ccc(-n2nc(-c3ccc(Cl)s3)c3c2NCC3)c(Cl)c1. The molecule has 4 rings (SSSR count). The number of halogens is 3. The molecule has 0 aliphatic carbocycles. The highest BCUT2D eigenvalue weighted by molar-refractivity contribution is 7.19. The zero-order chi connectivity index (χ0) is 15.3. The summed E-state index contributed by atoms with van der Waals surface area (Å²) < 4.78 is 2.61. The van der Waals surface area contributed by atoms with Crippen LogP contribution >= 0.6 is 46.1 Å². The number of hydrogen-bond donors (Lipinski definition) is 1. The molecule has 3 heterocycles. The Morgan fingerprint density at radius 2 is 2.00 bits per heavy atom. The summed E-state index contributed by atoms with van der Waals surface area (Å²) in [5, 5.41) is 9.32. The first-order valence-electron chi connectivity index (χ1n) is 6.70. The van der Waals surface area contributed by atoms with Crippen molar-refractivity contribution in [3.8, 4) is 16.3 Å². The van der Waals surface area contributed by atoms with Gasteiger partial charge in [0.1, 0.15) is 11.5 Å². The molecule has 0 spiro atoms. The van der Waals surface area contributed by atoms with Gasteiger partial charge in [0.05, 0.1) is 19.9 Å². The molecule has 0 radical (unpaired) electrons. The minimum atomic E-state index is 0.572. The standard InChI is InChI=1S/C15H10Cl3N3S/c16-8-1-2-11(10(17)7-8)21-15-9(5-6-19-15)14(20-21)12-3-4-13(18)22-12/h1-4,7,19H,5-6H2. The number of hydrogen-bond acceptors (Lipinski definition) is 3. The van der Waals surface area contributed by atoms with E-state index in [1.807, 2.05) is 28.9 Å². The third kappa shape index (κ3) is 2.31. The molecule has 0 atom stereocenters. The summed E-state index contributed by atoms with van der Waals surface area (Å²) in [6, 6.07) is 9.31. The minimum Gasteiger partial charge on any atom is -0.369 e. The van der Waals surface area contributed by atoms with E-state index in [0.717, 1.165) is 39.4 Å². The first kappa shape index (κ1) is 14.4. The van der Waals surface area contributed by atoms with E-state index < -0.39 is 0 Å². The van der Waals surface area contributed by atoms with E-state index in [1.165, 1.54) is 16.9 Å². The molecule has 22 heavy (non-hydrogen) atoms. The molecule has 1 aromatic carbocycles. The van der Waals surface area contributed by atoms with Crippen LogP contribution in [0.3, 0.4) is 0 Å². The molecule has 1 aliphatic heterocycles. The fourth-order valence-corrected chi connectivity index (χ4v) is 4.19. The molecule has 0 saturated carbocycles. The van der Waals surface area contributed by atoms with Crippen molar-refractivity contribution in [2.45, 2.75) is 6.42 Å². The Kier molecular flexibility index (Phi) is 3.57. The molecular formula is C15H10Cl3N3S. The lowest BCUT2D eigenvalue weighted by Crippen LogP contribution is -2.04. The average Bonchev–Trinajstić information content (AvgIpc) is 3.15. The lowest BCUT2D eigenvalue weighted by molar-refractivity contribution is 0.883. The summed E-state index contributed by atoms with van der Waals surface area (Å²) in [5.41, 5.74) is 2.97. The lowest BCUT2D eigenvalue weighted by atomic mass is 10.2. The van der Waals surface area contributed by atoms with Crippen LogP contribution in [0.1, 0.15) is 5.56 Å². The van der Waals surface area contributed by atoms with E-state index in [9.17, 15) is 0 Å². The number of anilines is 1. The van der Waals surface area contributed by atoms with Gasteiger partial charge >= 0.3 is 0 Å². The number of aromatic nitrogens is 2. The molecule has 0 bridgehead atoms. The van der Waals surface area contributed by atoms with Crippen LogP contribution < -0.4 is 5.32 Å². The molecule has 3 nitrogen and oxygen atoms in total. The van der Waals surface area contributed by atoms with E-state index in [4.69, 9.17) is 39.9 Å². The predicted molar refractivity (Wildman–Crippen MR) is 94.1 cm³/mol. The lowest BCUT2D eigenvalue weighted by Gasteiger charge is -2.08. The molecule has 1 aliphatic rings. The summed E-state index contributed by atoms with van der Waals surface area (Å²) >= 11 is 19.9. The third-order valence-electron chi connectivity index (χ3n) is 3.60. The topological polar surface area (TPSA) is 29.9 Å². The third-order valence-corrected chi connectivity index (χ3v) is 5.37. The van der Waals surface area contributed by atoms with Gasteiger partial charge in [-0.3, -0.25) is 0 Å². The Bertz CT molecular complexity index is 869. The maximum Gasteiger partial charge on any atom is 0.133 e. The second-order valence-electron chi connectivity index (χ2n) is 4.96. The van der Waals surface area contributed by atoms with Crippen LogP contribution in [0.2, 0.25) is 14.4 Å². The van der Waals surface area contributed by atoms with Crippen LogP contribution in [-0.2, 0) is 6.42 Å². The number of nitrogens with one attached hydrogen (secondary N) is 1. The van der Waals surface area contributed by atoms with Crippen molar-refractivity contribution in [3.63, 3.8) is 0 Å². The smallest absolute Gasteiger partial charge is 0.133 e. The molecule has 2 aromatic heterocycles. The van der Waals surface area contributed by atoms with Crippen LogP contribution in [0.15, 0.2) is 30.3 Å². The highest BCUT2D eigenvalue weighted by Crippen LogP contribution is 2.39. The van der Waals surface area contributed by atoms with Gasteiger partial charge in [0, 0.05) is 17.1 Å². The number of benzene rings is 1. The first-order chi connectivity index (χ1) is 10.6. The van der Waals surface area contributed by atoms with Crippen LogP contribution in [0.4, 0.5) is 5.82 Å². The number of rotatable bonds is 2. The van der Waals surface area contributed by atoms with E-state index >= 15 is 0 Å². The predicted octanol–water partition coefficient (Wildman–Crippen LogP) is 5.53. The van der Waals surface area contributed by atoms with Crippen LogP contribution in [0.25, 0.3) is 16.3 Å². The second kappa shape index (κ2) is 5.46. The molecular weight excluding hydrogens is 361 g/mol. The molecule has 1 N–H and O–H groups in total. The van der Waals surface area contributed by atoms with Crippen LogP contribution in [-0.4, -0.2) is 16.3 Å². The van der Waals surface area contributed by atoms with Crippen LogP contribution in [0, 0.1) is 0 Å². The summed E-state index contributed by atoms with van der Waals surface area (Å²) in [6.45, 7) is 0.893. The molecule has 112 valence electrons. The number of thiophene rings is 1. The van der Waals surface area contributed by atoms with E-state index in [0.29, 0.717) is 10.0 Å². The van der Waals surface area contributed by atoms with Gasteiger partial charge in [0.2, 0.25) is 0 Å². The fourth-order valence-electron chi connectivity index (χ4n) is 2.64. The number of fused-ring (bicyclic) bond motifs is 1. The van der Waals surface area contributed by atoms with Crippen molar-refractivity contribution >= 4 is 52.0 Å². The molecule has 0 unspecified atom stereocenters. The van der Waals surface area contributed by atoms with Gasteiger partial charge in [0.25, 0.3) is 0 Å². The van der Waals surface area contributed by atoms with Gasteiger partial charge in [-0.05, 0) is 36.8 Å². The number of nitrogens with zero attached hydrogens (tertiary/aromatic N) is 2. The van der Waals surface area contributed by atoms with Gasteiger partial charge in [-0.15, -0.1) is 11.3 Å². The Morgan fingerprint density at radius 3 is 2.73 bits per heavy atom. The molecule has 0 saturated heterocycles. The van der Waals surface area contributed by atoms with Gasteiger partial charge in [-0.25, -0.2) is 4.68 Å². The Balaban J connectivity index is 1.91. The highest BCUT2D eigenvalue weighted by Gasteiger charge is 2.25. The van der Waals surface area contributed by atoms with Crippen LogP contribution in [0.5, 0.6) is 0 Å². The molecule has 0 amide bonds. The first-order valence-corrected chi connectivity index (χ1v) is 8.65. The minimum absolute atomic E-state index is 0.572. The van der Waals surface area contributed by atoms with Crippen molar-refractivity contribution in [2.24, 2.45) is 0 Å². The summed E-state index contributed by atoms with van der Waals surface area (Å²) in [5.74, 6) is 0.990. The average molecular weight is 371 g/mol. The van der Waals surface area contributed by atoms with Gasteiger partial charge in [-0.2, -0.15) is 5.10 Å². The quantitative estimate of drug-likeness (QED) is 0.643. The monoisotopic (exact) mass is 369 g/mol. The molecule has 3 aromatic rings. The van der Waals surface area contributed by atoms with Gasteiger partial charge in [-0.1, -0.05) is 34.8 Å². The Hall–Kier alpha value is -1.20. The zero-order valence-electron chi connectivity index (χ0n) is 11.2. The summed E-state index contributed by atoms with van der Waals surface area (Å²) in [6.07, 6.45) is 0.936. The molecule has 7 heteroatoms. The Labute approximate surface area is 146 Å². The summed E-state index contributed by atoms with van der Waals surface area (Å²) in [4.78, 5) is 1.06. The Morgan fingerprint density at radius 1 is 1.14 bits per heavy atom. The zero-order valence-corrected chi connectivity index (χ0v) is 14.3. The van der Waals surface area contributed by atoms with Crippen molar-refractivity contribution in [2.75, 3.05) is 11.9 Å². The maximum atomic E-state index is 6.33. The van der Waals surface area contributed by atoms with E-state index in [1.54, 1.807) is 6.07 Å². The van der Waals surface area contributed by atoms with Crippen molar-refractivity contribution in [3.05, 3.63) is 50.3 Å². The van der Waals surface area contributed by atoms with Crippen molar-refractivity contribution in [1.82, 2.24) is 9.78 Å². The highest BCUT2D eigenvalue weighted by atomic mass is 35.5. The molecule has 0 fully saturated rings. The van der Waals surface area contributed by atoms with Crippen molar-refractivity contribution < 1.29 is 0 Å². The van der Waals surface area contributed by atoms with Gasteiger partial charge < -0.3 is 5.32 Å². The largest absolute Gasteiger partial charge is 0.369 e. The normalized spacial score (nSPS) is 13.2. The van der Waals surface area contributed by atoms with E-state index in [2.05, 4.69) is 5.32 Å². The van der Waals surface area contributed by atoms with E-state index in [-0.39, 0.29) is 0 Å². The van der Waals surface area contributed by atoms with Gasteiger partial charge in [0.15, 0.2) is 0 Å². The fraction of sp³-hybridized carbons (Fsp3) is 0.133. The second-order valence-corrected chi connectivity index (χ2v) is 7.52. The maximum absolute atomic E-state index is 6.33. The van der Waals surface area contributed by atoms with Crippen molar-refractivity contribution in [1.29, 1.82) is 0 Å².